The van der Waals surface area contributed by atoms with E-state index in [1.165, 1.54) is 10.9 Å². The van der Waals surface area contributed by atoms with Crippen LogP contribution in [0.5, 0.6) is 0 Å². The molecule has 3 N–H and O–H groups in total. The Morgan fingerprint density at radius 3 is 2.64 bits per heavy atom. The van der Waals surface area contributed by atoms with Crippen molar-refractivity contribution in [2.75, 3.05) is 11.9 Å². The summed E-state index contributed by atoms with van der Waals surface area (Å²) in [6.45, 7) is -0.174. The van der Waals surface area contributed by atoms with Gasteiger partial charge in [0.05, 0.1) is 30.3 Å². The Balaban J connectivity index is 1.65. The van der Waals surface area contributed by atoms with Crippen LogP contribution in [0.25, 0.3) is 5.69 Å². The van der Waals surface area contributed by atoms with E-state index in [4.69, 9.17) is 11.6 Å². The van der Waals surface area contributed by atoms with E-state index >= 15 is 0 Å². The lowest BCUT2D eigenvalue weighted by molar-refractivity contribution is -0.139. The van der Waals surface area contributed by atoms with Crippen LogP contribution in [0.2, 0.25) is 5.02 Å². The van der Waals surface area contributed by atoms with E-state index in [-0.39, 0.29) is 13.0 Å². The summed E-state index contributed by atoms with van der Waals surface area (Å²) < 4.78 is 1.49. The summed E-state index contributed by atoms with van der Waals surface area (Å²) in [6, 6.07) is 13.3. The molecule has 3 aromatic rings. The lowest BCUT2D eigenvalue weighted by Crippen LogP contribution is -2.42. The molecule has 3 rings (SSSR count). The Morgan fingerprint density at radius 1 is 1.18 bits per heavy atom. The zero-order valence-corrected chi connectivity index (χ0v) is 15.5. The van der Waals surface area contributed by atoms with Gasteiger partial charge >= 0.3 is 5.97 Å². The van der Waals surface area contributed by atoms with Crippen LogP contribution in [-0.2, 0) is 16.0 Å². The van der Waals surface area contributed by atoms with Gasteiger partial charge in [-0.25, -0.2) is 4.68 Å². The summed E-state index contributed by atoms with van der Waals surface area (Å²) in [5.74, 6) is -1.43. The number of carbonyl (C=O) groups excluding carboxylic acids is 1. The summed E-state index contributed by atoms with van der Waals surface area (Å²) in [6.07, 6.45) is 3.42. The number of nitrogens with one attached hydrogen (secondary N) is 2. The maximum atomic E-state index is 12.4. The number of nitrogens with zero attached hydrogens (tertiary/aromatic N) is 3. The van der Waals surface area contributed by atoms with Gasteiger partial charge in [-0.3, -0.25) is 14.9 Å². The van der Waals surface area contributed by atoms with Crippen molar-refractivity contribution >= 4 is 29.2 Å². The van der Waals surface area contributed by atoms with Crippen LogP contribution in [0.3, 0.4) is 0 Å². The van der Waals surface area contributed by atoms with Crippen molar-refractivity contribution in [3.8, 4) is 5.69 Å². The molecule has 0 bridgehead atoms. The fourth-order valence-corrected chi connectivity index (χ4v) is 2.82. The number of carbonyl (C=O) groups is 2. The van der Waals surface area contributed by atoms with Crippen LogP contribution in [0, 0.1) is 0 Å². The van der Waals surface area contributed by atoms with Crippen LogP contribution < -0.4 is 10.6 Å². The van der Waals surface area contributed by atoms with Crippen LogP contribution in [0.4, 0.5) is 5.69 Å². The van der Waals surface area contributed by atoms with Crippen LogP contribution in [0.15, 0.2) is 60.9 Å². The van der Waals surface area contributed by atoms with Gasteiger partial charge in [-0.2, -0.15) is 0 Å². The number of hydrogen-bond acceptors (Lipinski definition) is 5. The lowest BCUT2D eigenvalue weighted by Gasteiger charge is -2.15. The number of carboxylic acids is 1. The predicted molar refractivity (Wildman–Crippen MR) is 105 cm³/mol. The summed E-state index contributed by atoms with van der Waals surface area (Å²) in [4.78, 5) is 23.9. The maximum Gasteiger partial charge on any atom is 0.321 e. The second-order valence-corrected chi connectivity index (χ2v) is 6.46. The topological polar surface area (TPSA) is 109 Å². The smallest absolute Gasteiger partial charge is 0.321 e. The molecule has 1 amide bonds. The highest BCUT2D eigenvalue weighted by atomic mass is 35.5. The number of halogens is 1. The second kappa shape index (κ2) is 9.12. The fourth-order valence-electron chi connectivity index (χ4n) is 2.65. The first kappa shape index (κ1) is 19.5. The average Bonchev–Trinajstić information content (AvgIpc) is 3.20. The van der Waals surface area contributed by atoms with E-state index in [9.17, 15) is 14.7 Å². The van der Waals surface area contributed by atoms with E-state index in [1.807, 2.05) is 30.3 Å². The van der Waals surface area contributed by atoms with Crippen LogP contribution in [0.1, 0.15) is 5.56 Å². The van der Waals surface area contributed by atoms with Crippen molar-refractivity contribution in [1.82, 2.24) is 20.3 Å². The molecule has 2 aromatic carbocycles. The molecule has 9 heteroatoms. The molecular formula is C19H18ClN5O3. The normalized spacial score (nSPS) is 11.8. The molecule has 28 heavy (non-hydrogen) atoms. The first-order chi connectivity index (χ1) is 13.5. The van der Waals surface area contributed by atoms with Gasteiger partial charge in [-0.1, -0.05) is 47.1 Å². The molecule has 0 aliphatic rings. The van der Waals surface area contributed by atoms with Gasteiger partial charge in [-0.15, -0.1) is 5.10 Å². The summed E-state index contributed by atoms with van der Waals surface area (Å²) >= 11 is 6.03. The van der Waals surface area contributed by atoms with E-state index in [0.717, 1.165) is 5.56 Å². The third-order valence-corrected chi connectivity index (χ3v) is 4.23. The number of anilines is 1. The predicted octanol–water partition coefficient (Wildman–Crippen LogP) is 2.14. The van der Waals surface area contributed by atoms with Crippen molar-refractivity contribution in [3.63, 3.8) is 0 Å². The molecule has 1 heterocycles. The minimum Gasteiger partial charge on any atom is -0.480 e. The highest BCUT2D eigenvalue weighted by molar-refractivity contribution is 6.31. The van der Waals surface area contributed by atoms with Gasteiger partial charge in [-0.05, 0) is 30.2 Å². The SMILES string of the molecule is O=C(CNC(Cc1ccccc1)C(=O)O)Nc1cc(Cl)ccc1-n1ccnn1. The molecule has 0 saturated heterocycles. The van der Waals surface area contributed by atoms with Gasteiger partial charge in [0.25, 0.3) is 0 Å². The standard InChI is InChI=1S/C19H18ClN5O3/c20-14-6-7-17(25-9-8-22-24-25)15(11-14)23-18(26)12-21-16(19(27)28)10-13-4-2-1-3-5-13/h1-9,11,16,21H,10,12H2,(H,23,26)(H,27,28). The molecule has 0 radical (unpaired) electrons. The van der Waals surface area contributed by atoms with Crippen molar-refractivity contribution in [2.24, 2.45) is 0 Å². The largest absolute Gasteiger partial charge is 0.480 e. The molecular weight excluding hydrogens is 382 g/mol. The zero-order valence-electron chi connectivity index (χ0n) is 14.7. The van der Waals surface area contributed by atoms with Crippen LogP contribution in [-0.4, -0.2) is 44.6 Å². The third-order valence-electron chi connectivity index (χ3n) is 3.99. The van der Waals surface area contributed by atoms with Gasteiger partial charge in [0.1, 0.15) is 6.04 Å². The Kier molecular flexibility index (Phi) is 6.36. The molecule has 144 valence electrons. The quantitative estimate of drug-likeness (QED) is 0.535. The zero-order chi connectivity index (χ0) is 19.9. The third kappa shape index (κ3) is 5.15. The number of aliphatic carboxylic acids is 1. The number of carboxylic acid groups (broad SMARTS) is 1. The van der Waals surface area contributed by atoms with Crippen molar-refractivity contribution in [1.29, 1.82) is 0 Å². The number of aromatic nitrogens is 3. The molecule has 0 spiro atoms. The minimum absolute atomic E-state index is 0.174. The van der Waals surface area contributed by atoms with E-state index < -0.39 is 17.9 Å². The Labute approximate surface area is 166 Å². The van der Waals surface area contributed by atoms with Crippen molar-refractivity contribution in [2.45, 2.75) is 12.5 Å². The summed E-state index contributed by atoms with van der Waals surface area (Å²) in [5.41, 5.74) is 1.90. The summed E-state index contributed by atoms with van der Waals surface area (Å²) in [5, 5.41) is 23.0. The molecule has 1 atom stereocenters. The van der Waals surface area contributed by atoms with Crippen molar-refractivity contribution < 1.29 is 14.7 Å². The highest BCUT2D eigenvalue weighted by Crippen LogP contribution is 2.23. The maximum absolute atomic E-state index is 12.4. The molecule has 0 saturated carbocycles. The van der Waals surface area contributed by atoms with E-state index in [1.54, 1.807) is 24.4 Å². The molecule has 0 aliphatic heterocycles. The summed E-state index contributed by atoms with van der Waals surface area (Å²) in [7, 11) is 0. The monoisotopic (exact) mass is 399 g/mol. The van der Waals surface area contributed by atoms with Crippen LogP contribution >= 0.6 is 11.6 Å². The first-order valence-corrected chi connectivity index (χ1v) is 8.87. The Morgan fingerprint density at radius 2 is 1.96 bits per heavy atom. The molecule has 1 unspecified atom stereocenters. The number of hydrogen-bond donors (Lipinski definition) is 3. The van der Waals surface area contributed by atoms with Gasteiger partial charge < -0.3 is 10.4 Å². The fraction of sp³-hybridized carbons (Fsp3) is 0.158. The Hall–Kier alpha value is -3.23. The van der Waals surface area contributed by atoms with Gasteiger partial charge in [0, 0.05) is 5.02 Å². The number of benzene rings is 2. The van der Waals surface area contributed by atoms with Crippen molar-refractivity contribution in [3.05, 3.63) is 71.5 Å². The number of rotatable bonds is 8. The van der Waals surface area contributed by atoms with E-state index in [0.29, 0.717) is 16.4 Å². The minimum atomic E-state index is -1.03. The van der Waals surface area contributed by atoms with Gasteiger partial charge in [0.15, 0.2) is 0 Å². The second-order valence-electron chi connectivity index (χ2n) is 6.02. The highest BCUT2D eigenvalue weighted by Gasteiger charge is 2.19. The molecule has 0 aliphatic carbocycles. The molecule has 1 aromatic heterocycles. The average molecular weight is 400 g/mol. The first-order valence-electron chi connectivity index (χ1n) is 8.49. The Bertz CT molecular complexity index is 947. The number of amides is 1. The van der Waals surface area contributed by atoms with E-state index in [2.05, 4.69) is 20.9 Å². The molecule has 0 fully saturated rings. The van der Waals surface area contributed by atoms with Gasteiger partial charge in [0.2, 0.25) is 5.91 Å². The lowest BCUT2D eigenvalue weighted by atomic mass is 10.1. The molecule has 8 nitrogen and oxygen atoms in total.